The van der Waals surface area contributed by atoms with Crippen LogP contribution in [0.25, 0.3) is 0 Å². The summed E-state index contributed by atoms with van der Waals surface area (Å²) in [4.78, 5) is 8.59. The molecule has 0 unspecified atom stereocenters. The van der Waals surface area contributed by atoms with Crippen LogP contribution in [0, 0.1) is 0 Å². The first-order valence-electron chi connectivity index (χ1n) is 9.23. The van der Waals surface area contributed by atoms with Crippen molar-refractivity contribution in [3.8, 4) is 11.5 Å². The molecule has 28 heavy (non-hydrogen) atoms. The molecule has 0 aliphatic heterocycles. The standard InChI is InChI=1S/C22H26N4O2/c1-15(2)17-6-8-18(9-7-17)26-22-12-21(24-14-25-22)23-13-16-5-10-19(27-3)20(11-16)28-4/h5-12,14-15H,13H2,1-4H3,(H2,23,24,25,26). The number of hydrogen-bond acceptors (Lipinski definition) is 6. The summed E-state index contributed by atoms with van der Waals surface area (Å²) in [5.41, 5.74) is 3.37. The molecule has 1 aromatic heterocycles. The number of nitrogens with one attached hydrogen (secondary N) is 2. The SMILES string of the molecule is COc1ccc(CNc2cc(Nc3ccc(C(C)C)cc3)ncn2)cc1OC. The van der Waals surface area contributed by atoms with Gasteiger partial charge in [0.25, 0.3) is 0 Å². The number of methoxy groups -OCH3 is 2. The van der Waals surface area contributed by atoms with Crippen molar-refractivity contribution in [3.05, 3.63) is 66.0 Å². The molecule has 6 heteroatoms. The molecule has 0 atom stereocenters. The van der Waals surface area contributed by atoms with E-state index in [0.717, 1.165) is 22.9 Å². The van der Waals surface area contributed by atoms with E-state index in [0.29, 0.717) is 24.0 Å². The van der Waals surface area contributed by atoms with Crippen molar-refractivity contribution in [2.75, 3.05) is 24.9 Å². The molecular formula is C22H26N4O2. The maximum atomic E-state index is 5.35. The van der Waals surface area contributed by atoms with Gasteiger partial charge >= 0.3 is 0 Å². The van der Waals surface area contributed by atoms with E-state index < -0.39 is 0 Å². The van der Waals surface area contributed by atoms with E-state index >= 15 is 0 Å². The quantitative estimate of drug-likeness (QED) is 0.577. The molecule has 0 aliphatic rings. The van der Waals surface area contributed by atoms with Gasteiger partial charge in [0.15, 0.2) is 11.5 Å². The fourth-order valence-electron chi connectivity index (χ4n) is 2.80. The van der Waals surface area contributed by atoms with Gasteiger partial charge in [0.2, 0.25) is 0 Å². The van der Waals surface area contributed by atoms with Gasteiger partial charge in [-0.3, -0.25) is 0 Å². The van der Waals surface area contributed by atoms with E-state index in [4.69, 9.17) is 9.47 Å². The summed E-state index contributed by atoms with van der Waals surface area (Å²) in [7, 11) is 3.26. The minimum atomic E-state index is 0.514. The van der Waals surface area contributed by atoms with Gasteiger partial charge in [0, 0.05) is 18.3 Å². The van der Waals surface area contributed by atoms with Crippen molar-refractivity contribution in [1.82, 2.24) is 9.97 Å². The number of anilines is 3. The number of hydrogen-bond donors (Lipinski definition) is 2. The van der Waals surface area contributed by atoms with Crippen LogP contribution in [-0.2, 0) is 6.54 Å². The molecule has 0 radical (unpaired) electrons. The molecule has 2 aromatic carbocycles. The Balaban J connectivity index is 1.65. The van der Waals surface area contributed by atoms with E-state index in [-0.39, 0.29) is 0 Å². The zero-order valence-corrected chi connectivity index (χ0v) is 16.7. The van der Waals surface area contributed by atoms with Gasteiger partial charge in [0.05, 0.1) is 14.2 Å². The molecule has 146 valence electrons. The van der Waals surface area contributed by atoms with Gasteiger partial charge in [-0.1, -0.05) is 32.0 Å². The molecule has 0 saturated heterocycles. The molecule has 0 fully saturated rings. The summed E-state index contributed by atoms with van der Waals surface area (Å²) in [5.74, 6) is 3.41. The fraction of sp³-hybridized carbons (Fsp3) is 0.273. The van der Waals surface area contributed by atoms with Gasteiger partial charge in [0.1, 0.15) is 18.0 Å². The second-order valence-corrected chi connectivity index (χ2v) is 6.73. The lowest BCUT2D eigenvalue weighted by Gasteiger charge is -2.12. The molecule has 0 aliphatic carbocycles. The molecule has 0 amide bonds. The van der Waals surface area contributed by atoms with Gasteiger partial charge in [-0.25, -0.2) is 9.97 Å². The van der Waals surface area contributed by atoms with Gasteiger partial charge in [-0.2, -0.15) is 0 Å². The smallest absolute Gasteiger partial charge is 0.161 e. The lowest BCUT2D eigenvalue weighted by atomic mass is 10.0. The lowest BCUT2D eigenvalue weighted by Crippen LogP contribution is -2.03. The Morgan fingerprint density at radius 2 is 1.57 bits per heavy atom. The van der Waals surface area contributed by atoms with Crippen molar-refractivity contribution < 1.29 is 9.47 Å². The third-order valence-electron chi connectivity index (χ3n) is 4.44. The average Bonchev–Trinajstić information content (AvgIpc) is 2.72. The van der Waals surface area contributed by atoms with E-state index in [9.17, 15) is 0 Å². The predicted molar refractivity (Wildman–Crippen MR) is 113 cm³/mol. The van der Waals surface area contributed by atoms with Crippen molar-refractivity contribution in [1.29, 1.82) is 0 Å². The number of aromatic nitrogens is 2. The van der Waals surface area contributed by atoms with Crippen LogP contribution in [0.3, 0.4) is 0 Å². The third kappa shape index (κ3) is 4.91. The summed E-state index contributed by atoms with van der Waals surface area (Å²) in [5, 5.41) is 6.63. The number of benzene rings is 2. The number of ether oxygens (including phenoxy) is 2. The lowest BCUT2D eigenvalue weighted by molar-refractivity contribution is 0.354. The highest BCUT2D eigenvalue weighted by Crippen LogP contribution is 2.28. The molecule has 3 aromatic rings. The molecule has 0 saturated carbocycles. The van der Waals surface area contributed by atoms with Crippen LogP contribution in [0.15, 0.2) is 54.9 Å². The molecule has 3 rings (SSSR count). The Morgan fingerprint density at radius 1 is 0.857 bits per heavy atom. The zero-order chi connectivity index (χ0) is 19.9. The Hall–Kier alpha value is -3.28. The van der Waals surface area contributed by atoms with E-state index in [1.165, 1.54) is 5.56 Å². The monoisotopic (exact) mass is 378 g/mol. The number of nitrogens with zero attached hydrogens (tertiary/aromatic N) is 2. The van der Waals surface area contributed by atoms with E-state index in [1.54, 1.807) is 20.5 Å². The zero-order valence-electron chi connectivity index (χ0n) is 16.7. The molecule has 0 bridgehead atoms. The van der Waals surface area contributed by atoms with Crippen LogP contribution in [-0.4, -0.2) is 24.2 Å². The first kappa shape index (κ1) is 19.5. The minimum absolute atomic E-state index is 0.514. The Morgan fingerprint density at radius 3 is 2.25 bits per heavy atom. The van der Waals surface area contributed by atoms with Gasteiger partial charge in [-0.05, 0) is 41.3 Å². The van der Waals surface area contributed by atoms with Crippen molar-refractivity contribution in [3.63, 3.8) is 0 Å². The minimum Gasteiger partial charge on any atom is -0.493 e. The molecule has 0 spiro atoms. The summed E-state index contributed by atoms with van der Waals surface area (Å²) < 4.78 is 10.6. The Bertz CT molecular complexity index is 911. The van der Waals surface area contributed by atoms with Crippen LogP contribution in [0.1, 0.15) is 30.9 Å². The highest BCUT2D eigenvalue weighted by atomic mass is 16.5. The second-order valence-electron chi connectivity index (χ2n) is 6.73. The molecule has 6 nitrogen and oxygen atoms in total. The van der Waals surface area contributed by atoms with Crippen molar-refractivity contribution in [2.45, 2.75) is 26.3 Å². The van der Waals surface area contributed by atoms with Crippen LogP contribution in [0.2, 0.25) is 0 Å². The topological polar surface area (TPSA) is 68.3 Å². The van der Waals surface area contributed by atoms with Gasteiger partial charge in [-0.15, -0.1) is 0 Å². The molecule has 1 heterocycles. The first-order chi connectivity index (χ1) is 13.6. The summed E-state index contributed by atoms with van der Waals surface area (Å²) in [6, 6.07) is 16.1. The highest BCUT2D eigenvalue weighted by molar-refractivity contribution is 5.59. The maximum absolute atomic E-state index is 5.35. The molecular weight excluding hydrogens is 352 g/mol. The van der Waals surface area contributed by atoms with Crippen LogP contribution < -0.4 is 20.1 Å². The highest BCUT2D eigenvalue weighted by Gasteiger charge is 2.06. The maximum Gasteiger partial charge on any atom is 0.161 e. The molecule has 2 N–H and O–H groups in total. The normalized spacial score (nSPS) is 10.6. The Labute approximate surface area is 166 Å². The van der Waals surface area contributed by atoms with Crippen LogP contribution >= 0.6 is 0 Å². The first-order valence-corrected chi connectivity index (χ1v) is 9.23. The summed E-state index contributed by atoms with van der Waals surface area (Å²) >= 11 is 0. The summed E-state index contributed by atoms with van der Waals surface area (Å²) in [6.07, 6.45) is 1.54. The third-order valence-corrected chi connectivity index (χ3v) is 4.44. The number of rotatable bonds is 8. The van der Waals surface area contributed by atoms with Crippen molar-refractivity contribution in [2.24, 2.45) is 0 Å². The van der Waals surface area contributed by atoms with E-state index in [1.807, 2.05) is 24.3 Å². The van der Waals surface area contributed by atoms with E-state index in [2.05, 4.69) is 58.7 Å². The Kier molecular flexibility index (Phi) is 6.32. The van der Waals surface area contributed by atoms with Gasteiger partial charge < -0.3 is 20.1 Å². The largest absolute Gasteiger partial charge is 0.493 e. The average molecular weight is 378 g/mol. The fourth-order valence-corrected chi connectivity index (χ4v) is 2.80. The van der Waals surface area contributed by atoms with Crippen molar-refractivity contribution >= 4 is 17.3 Å². The summed E-state index contributed by atoms with van der Waals surface area (Å²) in [6.45, 7) is 4.98. The van der Waals surface area contributed by atoms with Crippen LogP contribution in [0.5, 0.6) is 11.5 Å². The van der Waals surface area contributed by atoms with Crippen LogP contribution in [0.4, 0.5) is 17.3 Å². The predicted octanol–water partition coefficient (Wildman–Crippen LogP) is 4.97. The second kappa shape index (κ2) is 9.08.